The van der Waals surface area contributed by atoms with Gasteiger partial charge in [0.1, 0.15) is 13.2 Å². The van der Waals surface area contributed by atoms with E-state index in [9.17, 15) is 14.4 Å². The molecule has 0 spiro atoms. The summed E-state index contributed by atoms with van der Waals surface area (Å²) in [7, 11) is 0. The third kappa shape index (κ3) is 60.5. The molecule has 0 saturated carbocycles. The number of carbonyl (C=O) groups is 3. The zero-order chi connectivity index (χ0) is 53.6. The predicted octanol–water partition coefficient (Wildman–Crippen LogP) is 22.4. The number of esters is 3. The Balaban J connectivity index is 4.27. The molecule has 6 nitrogen and oxygen atoms in total. The molecule has 0 radical (unpaired) electrons. The molecule has 0 aromatic heterocycles. The Morgan fingerprint density at radius 2 is 0.446 bits per heavy atom. The van der Waals surface area contributed by atoms with Crippen LogP contribution in [0.15, 0.2) is 36.5 Å². The molecule has 0 rings (SSSR count). The van der Waals surface area contributed by atoms with Gasteiger partial charge in [-0.3, -0.25) is 14.4 Å². The van der Waals surface area contributed by atoms with Crippen LogP contribution in [0.1, 0.15) is 361 Å². The van der Waals surface area contributed by atoms with Gasteiger partial charge in [-0.25, -0.2) is 0 Å². The summed E-state index contributed by atoms with van der Waals surface area (Å²) >= 11 is 0. The summed E-state index contributed by atoms with van der Waals surface area (Å²) < 4.78 is 16.9. The molecule has 434 valence electrons. The first-order valence-corrected chi connectivity index (χ1v) is 33.0. The minimum absolute atomic E-state index is 0.0749. The van der Waals surface area contributed by atoms with Gasteiger partial charge >= 0.3 is 17.9 Å². The number of carbonyl (C=O) groups excluding carboxylic acids is 3. The highest BCUT2D eigenvalue weighted by molar-refractivity contribution is 5.71. The maximum atomic E-state index is 12.9. The van der Waals surface area contributed by atoms with Gasteiger partial charge in [-0.05, 0) is 96.3 Å². The first-order chi connectivity index (χ1) is 36.5. The summed E-state index contributed by atoms with van der Waals surface area (Å²) in [6.07, 6.45) is 77.3. The molecule has 74 heavy (non-hydrogen) atoms. The van der Waals surface area contributed by atoms with Crippen molar-refractivity contribution in [1.82, 2.24) is 0 Å². The van der Waals surface area contributed by atoms with E-state index in [1.165, 1.54) is 250 Å². The fourth-order valence-corrected chi connectivity index (χ4v) is 9.84. The summed E-state index contributed by atoms with van der Waals surface area (Å²) in [5.74, 6) is -0.870. The van der Waals surface area contributed by atoms with Crippen LogP contribution in [0.5, 0.6) is 0 Å². The number of hydrogen-bond donors (Lipinski definition) is 0. The van der Waals surface area contributed by atoms with Crippen LogP contribution >= 0.6 is 0 Å². The van der Waals surface area contributed by atoms with Crippen LogP contribution in [0.2, 0.25) is 0 Å². The fourth-order valence-electron chi connectivity index (χ4n) is 9.84. The number of unbranched alkanes of at least 4 members (excludes halogenated alkanes) is 44. The largest absolute Gasteiger partial charge is 0.462 e. The van der Waals surface area contributed by atoms with Crippen molar-refractivity contribution in [2.75, 3.05) is 13.2 Å². The summed E-state index contributed by atoms with van der Waals surface area (Å²) in [5, 5.41) is 0. The smallest absolute Gasteiger partial charge is 0.306 e. The zero-order valence-corrected chi connectivity index (χ0v) is 49.9. The molecule has 0 bridgehead atoms. The summed E-state index contributed by atoms with van der Waals surface area (Å²) in [5.41, 5.74) is 0. The second-order valence-corrected chi connectivity index (χ2v) is 22.4. The minimum Gasteiger partial charge on any atom is -0.462 e. The third-order valence-electron chi connectivity index (χ3n) is 14.8. The van der Waals surface area contributed by atoms with Gasteiger partial charge in [-0.2, -0.15) is 0 Å². The van der Waals surface area contributed by atoms with Crippen LogP contribution in [0.25, 0.3) is 0 Å². The first-order valence-electron chi connectivity index (χ1n) is 33.0. The van der Waals surface area contributed by atoms with E-state index in [0.29, 0.717) is 19.3 Å². The van der Waals surface area contributed by atoms with E-state index in [0.717, 1.165) is 70.6 Å². The molecule has 0 fully saturated rings. The molecule has 0 aliphatic heterocycles. The van der Waals surface area contributed by atoms with Gasteiger partial charge < -0.3 is 14.2 Å². The van der Waals surface area contributed by atoms with Crippen molar-refractivity contribution in [3.8, 4) is 0 Å². The molecule has 0 aliphatic rings. The number of rotatable bonds is 61. The lowest BCUT2D eigenvalue weighted by Crippen LogP contribution is -2.30. The molecule has 0 amide bonds. The summed E-state index contributed by atoms with van der Waals surface area (Å²) in [6.45, 7) is 6.67. The Morgan fingerprint density at radius 3 is 0.676 bits per heavy atom. The molecule has 0 N–H and O–H groups in total. The minimum atomic E-state index is -0.779. The number of ether oxygens (including phenoxy) is 3. The van der Waals surface area contributed by atoms with E-state index in [1.807, 2.05) is 0 Å². The van der Waals surface area contributed by atoms with E-state index in [1.54, 1.807) is 0 Å². The lowest BCUT2D eigenvalue weighted by molar-refractivity contribution is -0.167. The van der Waals surface area contributed by atoms with Crippen molar-refractivity contribution in [1.29, 1.82) is 0 Å². The predicted molar refractivity (Wildman–Crippen MR) is 321 cm³/mol. The van der Waals surface area contributed by atoms with Crippen LogP contribution < -0.4 is 0 Å². The van der Waals surface area contributed by atoms with Gasteiger partial charge in [-0.15, -0.1) is 0 Å². The van der Waals surface area contributed by atoms with Gasteiger partial charge in [0.05, 0.1) is 0 Å². The molecule has 6 heteroatoms. The quantitative estimate of drug-likeness (QED) is 0.0261. The maximum absolute atomic E-state index is 12.9. The standard InChI is InChI=1S/C68H126O6/c1-4-7-10-13-16-19-22-25-28-30-31-32-33-34-35-36-37-38-41-43-46-49-52-55-58-61-67(70)73-64-65(63-72-66(69)60-57-54-51-48-45-42-39-27-24-21-18-15-12-9-6-3)74-68(71)62-59-56-53-50-47-44-40-29-26-23-20-17-14-11-8-5-2/h27,29-31,39-40,65H,4-26,28,32-38,41-64H2,1-3H3/b31-30-,39-27-,40-29-. The molecular weight excluding hydrogens is 913 g/mol. The highest BCUT2D eigenvalue weighted by atomic mass is 16.6. The third-order valence-corrected chi connectivity index (χ3v) is 14.8. The van der Waals surface area contributed by atoms with Gasteiger partial charge in [-0.1, -0.05) is 282 Å². The molecular formula is C68H126O6. The van der Waals surface area contributed by atoms with Crippen molar-refractivity contribution in [3.63, 3.8) is 0 Å². The molecule has 0 heterocycles. The topological polar surface area (TPSA) is 78.9 Å². The second-order valence-electron chi connectivity index (χ2n) is 22.4. The number of allylic oxidation sites excluding steroid dienone is 6. The Kier molecular flexibility index (Phi) is 61.1. The van der Waals surface area contributed by atoms with E-state index in [2.05, 4.69) is 57.2 Å². The maximum Gasteiger partial charge on any atom is 0.306 e. The average Bonchev–Trinajstić information content (AvgIpc) is 3.40. The normalized spacial score (nSPS) is 12.2. The molecule has 0 aromatic rings. The van der Waals surface area contributed by atoms with Crippen LogP contribution in [0, 0.1) is 0 Å². The Morgan fingerprint density at radius 1 is 0.257 bits per heavy atom. The van der Waals surface area contributed by atoms with Crippen LogP contribution in [-0.2, 0) is 28.6 Å². The molecule has 0 aliphatic carbocycles. The Bertz CT molecular complexity index is 1240. The lowest BCUT2D eigenvalue weighted by atomic mass is 10.0. The van der Waals surface area contributed by atoms with Crippen molar-refractivity contribution in [2.45, 2.75) is 367 Å². The molecule has 0 saturated heterocycles. The van der Waals surface area contributed by atoms with Crippen molar-refractivity contribution in [3.05, 3.63) is 36.5 Å². The first kappa shape index (κ1) is 71.6. The van der Waals surface area contributed by atoms with Crippen molar-refractivity contribution >= 4 is 17.9 Å². The lowest BCUT2D eigenvalue weighted by Gasteiger charge is -2.18. The summed E-state index contributed by atoms with van der Waals surface area (Å²) in [6, 6.07) is 0. The van der Waals surface area contributed by atoms with Crippen molar-refractivity contribution in [2.24, 2.45) is 0 Å². The molecule has 1 unspecified atom stereocenters. The van der Waals surface area contributed by atoms with E-state index in [-0.39, 0.29) is 31.1 Å². The van der Waals surface area contributed by atoms with E-state index >= 15 is 0 Å². The van der Waals surface area contributed by atoms with Crippen LogP contribution in [-0.4, -0.2) is 37.2 Å². The SMILES string of the molecule is CCCCCCCC/C=C\CCCCCCCC(=O)OCC(COC(=O)CCCCCCCCCCCCCCC/C=C\CCCCCCCCCC)OC(=O)CCCCCCC/C=C\CCCCCCCCC. The Labute approximate surface area is 461 Å². The number of hydrogen-bond acceptors (Lipinski definition) is 6. The van der Waals surface area contributed by atoms with Crippen molar-refractivity contribution < 1.29 is 28.6 Å². The molecule has 1 atom stereocenters. The fraction of sp³-hybridized carbons (Fsp3) is 0.868. The van der Waals surface area contributed by atoms with Crippen LogP contribution in [0.3, 0.4) is 0 Å². The van der Waals surface area contributed by atoms with Crippen LogP contribution in [0.4, 0.5) is 0 Å². The van der Waals surface area contributed by atoms with Gasteiger partial charge in [0.25, 0.3) is 0 Å². The van der Waals surface area contributed by atoms with E-state index in [4.69, 9.17) is 14.2 Å². The second kappa shape index (κ2) is 63.2. The summed E-state index contributed by atoms with van der Waals surface area (Å²) in [4.78, 5) is 38.3. The van der Waals surface area contributed by atoms with Gasteiger partial charge in [0.15, 0.2) is 6.10 Å². The highest BCUT2D eigenvalue weighted by Gasteiger charge is 2.19. The monoisotopic (exact) mass is 1040 g/mol. The van der Waals surface area contributed by atoms with Gasteiger partial charge in [0, 0.05) is 19.3 Å². The zero-order valence-electron chi connectivity index (χ0n) is 49.9. The van der Waals surface area contributed by atoms with E-state index < -0.39 is 6.10 Å². The van der Waals surface area contributed by atoms with Gasteiger partial charge in [0.2, 0.25) is 0 Å². The molecule has 0 aromatic carbocycles. The average molecular weight is 1040 g/mol. The Hall–Kier alpha value is -2.37. The highest BCUT2D eigenvalue weighted by Crippen LogP contribution is 2.17.